The van der Waals surface area contributed by atoms with E-state index in [0.717, 1.165) is 19.4 Å². The van der Waals surface area contributed by atoms with Gasteiger partial charge in [-0.2, -0.15) is 0 Å². The molecule has 0 amide bonds. The molecule has 0 rings (SSSR count). The van der Waals surface area contributed by atoms with Gasteiger partial charge in [-0.1, -0.05) is 27.2 Å². The van der Waals surface area contributed by atoms with Gasteiger partial charge in [0, 0.05) is 12.6 Å². The van der Waals surface area contributed by atoms with Gasteiger partial charge in [-0.05, 0) is 33.2 Å². The monoisotopic (exact) mass is 201 g/mol. The molecule has 1 unspecified atom stereocenters. The highest BCUT2D eigenvalue weighted by atomic mass is 16.5. The van der Waals surface area contributed by atoms with Crippen molar-refractivity contribution in [3.05, 3.63) is 0 Å². The summed E-state index contributed by atoms with van der Waals surface area (Å²) in [6.45, 7) is 9.56. The van der Waals surface area contributed by atoms with Crippen LogP contribution in [0.4, 0.5) is 0 Å². The Balaban J connectivity index is 4.54. The molecule has 2 nitrogen and oxygen atoms in total. The summed E-state index contributed by atoms with van der Waals surface area (Å²) in [5, 5.41) is 3.41. The van der Waals surface area contributed by atoms with Gasteiger partial charge < -0.3 is 10.1 Å². The standard InChI is InChI=1S/C12H27NO/c1-6-10-11(13-5)12(7-2,8-3)14-9-4/h11,13H,6-10H2,1-5H3. The highest BCUT2D eigenvalue weighted by Gasteiger charge is 2.34. The summed E-state index contributed by atoms with van der Waals surface area (Å²) in [4.78, 5) is 0. The predicted octanol–water partition coefficient (Wildman–Crippen LogP) is 2.97. The third-order valence-corrected chi connectivity index (χ3v) is 3.19. The second kappa shape index (κ2) is 7.24. The molecule has 14 heavy (non-hydrogen) atoms. The molecule has 0 aliphatic rings. The molecule has 0 aromatic rings. The zero-order chi connectivity index (χ0) is 11.0. The summed E-state index contributed by atoms with van der Waals surface area (Å²) in [6.07, 6.45) is 4.57. The molecule has 0 aromatic carbocycles. The van der Waals surface area contributed by atoms with Crippen molar-refractivity contribution in [1.82, 2.24) is 5.32 Å². The Labute approximate surface area is 89.4 Å². The lowest BCUT2D eigenvalue weighted by atomic mass is 9.85. The van der Waals surface area contributed by atoms with Crippen LogP contribution in [0, 0.1) is 0 Å². The van der Waals surface area contributed by atoms with E-state index in [1.54, 1.807) is 0 Å². The number of ether oxygens (including phenoxy) is 1. The predicted molar refractivity (Wildman–Crippen MR) is 62.7 cm³/mol. The van der Waals surface area contributed by atoms with Crippen molar-refractivity contribution < 1.29 is 4.74 Å². The minimum atomic E-state index is 0.0412. The SMILES string of the molecule is CCCC(NC)C(CC)(CC)OCC. The smallest absolute Gasteiger partial charge is 0.0829 e. The fourth-order valence-corrected chi connectivity index (χ4v) is 2.29. The van der Waals surface area contributed by atoms with Gasteiger partial charge in [0.1, 0.15) is 0 Å². The molecule has 0 heterocycles. The van der Waals surface area contributed by atoms with Crippen LogP contribution in [0.5, 0.6) is 0 Å². The molecule has 0 fully saturated rings. The molecule has 1 N–H and O–H groups in total. The lowest BCUT2D eigenvalue weighted by Crippen LogP contribution is -2.50. The van der Waals surface area contributed by atoms with E-state index >= 15 is 0 Å². The maximum absolute atomic E-state index is 5.97. The van der Waals surface area contributed by atoms with Crippen molar-refractivity contribution in [3.8, 4) is 0 Å². The maximum atomic E-state index is 5.97. The largest absolute Gasteiger partial charge is 0.374 e. The Morgan fingerprint density at radius 2 is 1.71 bits per heavy atom. The first-order chi connectivity index (χ1) is 6.70. The summed E-state index contributed by atoms with van der Waals surface area (Å²) >= 11 is 0. The van der Waals surface area contributed by atoms with Crippen LogP contribution >= 0.6 is 0 Å². The first kappa shape index (κ1) is 13.9. The van der Waals surface area contributed by atoms with Crippen LogP contribution in [0.15, 0.2) is 0 Å². The third-order valence-electron chi connectivity index (χ3n) is 3.19. The van der Waals surface area contributed by atoms with Crippen LogP contribution in [-0.4, -0.2) is 25.3 Å². The summed E-state index contributed by atoms with van der Waals surface area (Å²) in [5.41, 5.74) is 0.0412. The van der Waals surface area contributed by atoms with E-state index < -0.39 is 0 Å². The highest BCUT2D eigenvalue weighted by Crippen LogP contribution is 2.27. The Bertz CT molecular complexity index is 132. The summed E-state index contributed by atoms with van der Waals surface area (Å²) in [6, 6.07) is 0.488. The fourth-order valence-electron chi connectivity index (χ4n) is 2.29. The normalized spacial score (nSPS) is 14.4. The van der Waals surface area contributed by atoms with E-state index in [2.05, 4.69) is 33.0 Å². The van der Waals surface area contributed by atoms with Gasteiger partial charge >= 0.3 is 0 Å². The zero-order valence-electron chi connectivity index (χ0n) is 10.5. The van der Waals surface area contributed by atoms with Crippen LogP contribution < -0.4 is 5.32 Å². The van der Waals surface area contributed by atoms with Crippen LogP contribution in [0.25, 0.3) is 0 Å². The van der Waals surface area contributed by atoms with Gasteiger partial charge in [-0.25, -0.2) is 0 Å². The van der Waals surface area contributed by atoms with Crippen LogP contribution in [0.3, 0.4) is 0 Å². The summed E-state index contributed by atoms with van der Waals surface area (Å²) in [5.74, 6) is 0. The number of hydrogen-bond acceptors (Lipinski definition) is 2. The van der Waals surface area contributed by atoms with Crippen molar-refractivity contribution in [2.24, 2.45) is 0 Å². The molecule has 0 saturated heterocycles. The number of rotatable bonds is 8. The Morgan fingerprint density at radius 1 is 1.14 bits per heavy atom. The average Bonchev–Trinajstić information content (AvgIpc) is 2.23. The molecule has 0 saturated carbocycles. The minimum Gasteiger partial charge on any atom is -0.374 e. The third kappa shape index (κ3) is 3.25. The molecular weight excluding hydrogens is 174 g/mol. The van der Waals surface area contributed by atoms with E-state index in [1.807, 2.05) is 7.05 Å². The van der Waals surface area contributed by atoms with E-state index in [0.29, 0.717) is 6.04 Å². The van der Waals surface area contributed by atoms with E-state index in [-0.39, 0.29) is 5.60 Å². The van der Waals surface area contributed by atoms with E-state index in [4.69, 9.17) is 4.74 Å². The van der Waals surface area contributed by atoms with Crippen molar-refractivity contribution in [2.45, 2.75) is 65.0 Å². The lowest BCUT2D eigenvalue weighted by molar-refractivity contribution is -0.0723. The molecular formula is C12H27NO. The highest BCUT2D eigenvalue weighted by molar-refractivity contribution is 4.90. The van der Waals surface area contributed by atoms with Crippen molar-refractivity contribution in [3.63, 3.8) is 0 Å². The summed E-state index contributed by atoms with van der Waals surface area (Å²) in [7, 11) is 2.04. The van der Waals surface area contributed by atoms with Crippen LogP contribution in [0.2, 0.25) is 0 Å². The van der Waals surface area contributed by atoms with Crippen LogP contribution in [0.1, 0.15) is 53.4 Å². The van der Waals surface area contributed by atoms with Gasteiger partial charge in [0.25, 0.3) is 0 Å². The Kier molecular flexibility index (Phi) is 7.20. The second-order valence-corrected chi connectivity index (χ2v) is 3.83. The molecule has 0 aliphatic heterocycles. The molecule has 0 radical (unpaired) electrons. The van der Waals surface area contributed by atoms with Crippen LogP contribution in [-0.2, 0) is 4.74 Å². The van der Waals surface area contributed by atoms with Gasteiger partial charge in [-0.15, -0.1) is 0 Å². The molecule has 1 atom stereocenters. The lowest BCUT2D eigenvalue weighted by Gasteiger charge is -2.39. The number of likely N-dealkylation sites (N-methyl/N-ethyl adjacent to an activating group) is 1. The Morgan fingerprint density at radius 3 is 2.00 bits per heavy atom. The quantitative estimate of drug-likeness (QED) is 0.652. The van der Waals surface area contributed by atoms with Crippen molar-refractivity contribution in [1.29, 1.82) is 0 Å². The molecule has 0 spiro atoms. The zero-order valence-corrected chi connectivity index (χ0v) is 10.5. The van der Waals surface area contributed by atoms with Gasteiger partial charge in [0.15, 0.2) is 0 Å². The second-order valence-electron chi connectivity index (χ2n) is 3.83. The maximum Gasteiger partial charge on any atom is 0.0829 e. The molecule has 86 valence electrons. The molecule has 2 heteroatoms. The fraction of sp³-hybridized carbons (Fsp3) is 1.00. The molecule has 0 bridgehead atoms. The van der Waals surface area contributed by atoms with Crippen molar-refractivity contribution >= 4 is 0 Å². The van der Waals surface area contributed by atoms with Gasteiger partial charge in [0.2, 0.25) is 0 Å². The summed E-state index contributed by atoms with van der Waals surface area (Å²) < 4.78 is 5.97. The molecule has 0 aromatic heterocycles. The first-order valence-electron chi connectivity index (χ1n) is 6.01. The van der Waals surface area contributed by atoms with Gasteiger partial charge in [-0.3, -0.25) is 0 Å². The average molecular weight is 201 g/mol. The van der Waals surface area contributed by atoms with E-state index in [1.165, 1.54) is 12.8 Å². The topological polar surface area (TPSA) is 21.3 Å². The Hall–Kier alpha value is -0.0800. The first-order valence-corrected chi connectivity index (χ1v) is 6.01. The minimum absolute atomic E-state index is 0.0412. The number of nitrogens with one attached hydrogen (secondary N) is 1. The van der Waals surface area contributed by atoms with E-state index in [9.17, 15) is 0 Å². The van der Waals surface area contributed by atoms with Gasteiger partial charge in [0.05, 0.1) is 5.60 Å². The molecule has 0 aliphatic carbocycles. The van der Waals surface area contributed by atoms with Crippen molar-refractivity contribution in [2.75, 3.05) is 13.7 Å². The number of hydrogen-bond donors (Lipinski definition) is 1.